The van der Waals surface area contributed by atoms with Crippen LogP contribution in [0.25, 0.3) is 11.3 Å². The van der Waals surface area contributed by atoms with Crippen LogP contribution in [-0.4, -0.2) is 52.9 Å². The largest absolute Gasteiger partial charge is 0.382 e. The third-order valence-electron chi connectivity index (χ3n) is 5.65. The molecule has 1 aliphatic rings. The molecule has 0 spiro atoms. The van der Waals surface area contributed by atoms with Crippen LogP contribution in [0, 0.1) is 0 Å². The molecule has 1 aliphatic heterocycles. The van der Waals surface area contributed by atoms with E-state index in [2.05, 4.69) is 25.5 Å². The SMILES string of the molecule is Nc1ncc(-c2ccc(C(=O)NCCN3CCCCC3)cc2)nc1C(=O)Nc1ccccc1.[HH].[HH].[HH].[HH]. The number of rotatable bonds is 7. The number of hydrogen-bond acceptors (Lipinski definition) is 6. The minimum Gasteiger partial charge on any atom is -0.382 e. The van der Waals surface area contributed by atoms with Gasteiger partial charge in [-0.1, -0.05) is 36.8 Å². The van der Waals surface area contributed by atoms with Crippen LogP contribution in [0.4, 0.5) is 11.5 Å². The van der Waals surface area contributed by atoms with Crippen molar-refractivity contribution in [1.82, 2.24) is 20.2 Å². The summed E-state index contributed by atoms with van der Waals surface area (Å²) in [7, 11) is 0. The number of nitrogens with two attached hydrogens (primary N) is 1. The first kappa shape index (κ1) is 22.4. The van der Waals surface area contributed by atoms with Crippen LogP contribution in [-0.2, 0) is 0 Å². The van der Waals surface area contributed by atoms with E-state index in [0.717, 1.165) is 25.2 Å². The summed E-state index contributed by atoms with van der Waals surface area (Å²) >= 11 is 0. The molecule has 3 aromatic rings. The first-order valence-corrected chi connectivity index (χ1v) is 11.2. The monoisotopic (exact) mass is 452 g/mol. The van der Waals surface area contributed by atoms with Crippen LogP contribution in [0.15, 0.2) is 60.8 Å². The lowest BCUT2D eigenvalue weighted by atomic mass is 10.1. The van der Waals surface area contributed by atoms with E-state index >= 15 is 0 Å². The Labute approximate surface area is 199 Å². The highest BCUT2D eigenvalue weighted by molar-refractivity contribution is 6.06. The van der Waals surface area contributed by atoms with Crippen LogP contribution in [0.2, 0.25) is 0 Å². The Morgan fingerprint density at radius 1 is 0.970 bits per heavy atom. The van der Waals surface area contributed by atoms with Gasteiger partial charge in [-0.05, 0) is 50.2 Å². The molecule has 8 heteroatoms. The van der Waals surface area contributed by atoms with E-state index in [1.165, 1.54) is 25.5 Å². The number of carbonyl (C=O) groups excluding carboxylic acids is 2. The topological polar surface area (TPSA) is 113 Å². The fourth-order valence-electron chi connectivity index (χ4n) is 3.82. The number of hydrogen-bond donors (Lipinski definition) is 3. The van der Waals surface area contributed by atoms with Gasteiger partial charge in [0.2, 0.25) is 0 Å². The summed E-state index contributed by atoms with van der Waals surface area (Å²) in [6, 6.07) is 16.1. The molecular formula is C25H36N6O2. The van der Waals surface area contributed by atoms with E-state index in [1.54, 1.807) is 36.4 Å². The van der Waals surface area contributed by atoms with Crippen molar-refractivity contribution in [3.05, 3.63) is 72.1 Å². The Morgan fingerprint density at radius 3 is 2.42 bits per heavy atom. The van der Waals surface area contributed by atoms with Crippen molar-refractivity contribution in [2.24, 2.45) is 0 Å². The maximum Gasteiger partial charge on any atom is 0.278 e. The van der Waals surface area contributed by atoms with Gasteiger partial charge in [-0.25, -0.2) is 9.97 Å². The number of anilines is 2. The van der Waals surface area contributed by atoms with Gasteiger partial charge in [0.05, 0.1) is 11.9 Å². The second kappa shape index (κ2) is 10.7. The Hall–Kier alpha value is -3.78. The van der Waals surface area contributed by atoms with Gasteiger partial charge in [0, 0.05) is 35.6 Å². The van der Waals surface area contributed by atoms with E-state index in [9.17, 15) is 9.59 Å². The van der Waals surface area contributed by atoms with E-state index in [1.807, 2.05) is 18.2 Å². The van der Waals surface area contributed by atoms with Crippen molar-refractivity contribution >= 4 is 23.3 Å². The molecule has 178 valence electrons. The molecule has 0 atom stereocenters. The number of carbonyl (C=O) groups is 2. The number of para-hydroxylation sites is 1. The highest BCUT2D eigenvalue weighted by Crippen LogP contribution is 2.20. The number of nitrogens with zero attached hydrogens (tertiary/aromatic N) is 3. The number of benzene rings is 2. The number of likely N-dealkylation sites (tertiary alicyclic amines) is 1. The standard InChI is InChI=1S/C25H28N6O2.4H2/c26-23-22(25(33)29-20-7-3-1-4-8-20)30-21(17-28-23)18-9-11-19(12-10-18)24(32)27-13-16-31-14-5-2-6-15-31;;;;/h1,3-4,7-12,17H,2,5-6,13-16H2,(H2,26,28)(H,27,32)(H,29,33);4*1H. The Bertz CT molecular complexity index is 1110. The molecule has 0 saturated carbocycles. The summed E-state index contributed by atoms with van der Waals surface area (Å²) < 4.78 is 0. The van der Waals surface area contributed by atoms with Gasteiger partial charge in [-0.15, -0.1) is 0 Å². The fraction of sp³-hybridized carbons (Fsp3) is 0.280. The molecule has 33 heavy (non-hydrogen) atoms. The maximum atomic E-state index is 12.6. The van der Waals surface area contributed by atoms with E-state index in [4.69, 9.17) is 5.73 Å². The van der Waals surface area contributed by atoms with Crippen LogP contribution < -0.4 is 16.4 Å². The zero-order chi connectivity index (χ0) is 23.0. The summed E-state index contributed by atoms with van der Waals surface area (Å²) in [5.74, 6) is -0.487. The van der Waals surface area contributed by atoms with Crippen molar-refractivity contribution in [2.45, 2.75) is 19.3 Å². The third kappa shape index (κ3) is 5.93. The number of nitrogens with one attached hydrogen (secondary N) is 2. The van der Waals surface area contributed by atoms with E-state index in [-0.39, 0.29) is 23.1 Å². The number of nitrogen functional groups attached to an aromatic ring is 1. The molecule has 2 aromatic carbocycles. The Morgan fingerprint density at radius 2 is 1.70 bits per heavy atom. The van der Waals surface area contributed by atoms with Crippen LogP contribution in [0.1, 0.15) is 45.8 Å². The lowest BCUT2D eigenvalue weighted by molar-refractivity contribution is 0.0945. The molecule has 2 heterocycles. The normalized spacial score (nSPS) is 13.9. The first-order valence-electron chi connectivity index (χ1n) is 11.2. The summed E-state index contributed by atoms with van der Waals surface area (Å²) in [6.07, 6.45) is 5.28. The summed E-state index contributed by atoms with van der Waals surface area (Å²) in [5, 5.41) is 5.75. The molecule has 0 unspecified atom stereocenters. The van der Waals surface area contributed by atoms with Crippen molar-refractivity contribution in [3.8, 4) is 11.3 Å². The zero-order valence-corrected chi connectivity index (χ0v) is 18.5. The summed E-state index contributed by atoms with van der Waals surface area (Å²) in [6.45, 7) is 3.72. The Balaban J connectivity index is 0.00000324. The molecule has 0 radical (unpaired) electrons. The average Bonchev–Trinajstić information content (AvgIpc) is 2.85. The smallest absolute Gasteiger partial charge is 0.278 e. The second-order valence-corrected chi connectivity index (χ2v) is 8.04. The number of aromatic nitrogens is 2. The molecule has 1 fully saturated rings. The lowest BCUT2D eigenvalue weighted by Crippen LogP contribution is -2.37. The minimum absolute atomic E-state index is 0. The highest BCUT2D eigenvalue weighted by Gasteiger charge is 2.16. The average molecular weight is 453 g/mol. The quantitative estimate of drug-likeness (QED) is 0.496. The Kier molecular flexibility index (Phi) is 7.26. The molecule has 0 bridgehead atoms. The summed E-state index contributed by atoms with van der Waals surface area (Å²) in [4.78, 5) is 36.0. The fourth-order valence-corrected chi connectivity index (χ4v) is 3.82. The molecule has 0 aliphatic carbocycles. The van der Waals surface area contributed by atoms with Gasteiger partial charge >= 0.3 is 0 Å². The van der Waals surface area contributed by atoms with Gasteiger partial charge in [-0.3, -0.25) is 9.59 Å². The van der Waals surface area contributed by atoms with Gasteiger partial charge < -0.3 is 21.3 Å². The molecule has 8 nitrogen and oxygen atoms in total. The van der Waals surface area contributed by atoms with Crippen molar-refractivity contribution in [3.63, 3.8) is 0 Å². The van der Waals surface area contributed by atoms with Crippen molar-refractivity contribution < 1.29 is 15.3 Å². The van der Waals surface area contributed by atoms with Crippen LogP contribution in [0.5, 0.6) is 0 Å². The van der Waals surface area contributed by atoms with Crippen molar-refractivity contribution in [1.29, 1.82) is 0 Å². The molecule has 4 rings (SSSR count). The maximum absolute atomic E-state index is 12.6. The van der Waals surface area contributed by atoms with Crippen LogP contribution in [0.3, 0.4) is 0 Å². The molecule has 2 amide bonds. The molecule has 4 N–H and O–H groups in total. The predicted octanol–water partition coefficient (Wildman–Crippen LogP) is 4.18. The third-order valence-corrected chi connectivity index (χ3v) is 5.65. The van der Waals surface area contributed by atoms with Gasteiger partial charge in [0.1, 0.15) is 0 Å². The minimum atomic E-state index is -0.433. The van der Waals surface area contributed by atoms with Gasteiger partial charge in [0.15, 0.2) is 11.5 Å². The van der Waals surface area contributed by atoms with Gasteiger partial charge in [-0.2, -0.15) is 0 Å². The number of piperidine rings is 1. The van der Waals surface area contributed by atoms with Crippen molar-refractivity contribution in [2.75, 3.05) is 37.2 Å². The second-order valence-electron chi connectivity index (χ2n) is 8.04. The lowest BCUT2D eigenvalue weighted by Gasteiger charge is -2.26. The number of amides is 2. The van der Waals surface area contributed by atoms with Crippen LogP contribution >= 0.6 is 0 Å². The molecule has 1 aromatic heterocycles. The van der Waals surface area contributed by atoms with Gasteiger partial charge in [0.25, 0.3) is 11.8 Å². The van der Waals surface area contributed by atoms with E-state index in [0.29, 0.717) is 23.5 Å². The first-order chi connectivity index (χ1) is 16.1. The summed E-state index contributed by atoms with van der Waals surface area (Å²) in [5.41, 5.74) is 8.40. The molecule has 1 saturated heterocycles. The molecular weight excluding hydrogens is 416 g/mol. The zero-order valence-electron chi connectivity index (χ0n) is 18.5. The van der Waals surface area contributed by atoms with E-state index < -0.39 is 5.91 Å². The highest BCUT2D eigenvalue weighted by atomic mass is 16.2. The predicted molar refractivity (Wildman–Crippen MR) is 137 cm³/mol.